The summed E-state index contributed by atoms with van der Waals surface area (Å²) in [4.78, 5) is 32.5. The summed E-state index contributed by atoms with van der Waals surface area (Å²) < 4.78 is 21.5. The first-order valence-corrected chi connectivity index (χ1v) is 15.3. The Hall–Kier alpha value is -5.23. The number of methoxy groups -OCH3 is 2. The lowest BCUT2D eigenvalue weighted by atomic mass is 9.95. The lowest BCUT2D eigenvalue weighted by Crippen LogP contribution is -2.39. The van der Waals surface area contributed by atoms with Gasteiger partial charge in [0.1, 0.15) is 24.2 Å². The normalized spacial score (nSPS) is 14.7. The van der Waals surface area contributed by atoms with Crippen LogP contribution >= 0.6 is 0 Å². The van der Waals surface area contributed by atoms with Gasteiger partial charge in [-0.2, -0.15) is 0 Å². The van der Waals surface area contributed by atoms with Crippen LogP contribution in [-0.2, 0) is 11.2 Å². The summed E-state index contributed by atoms with van der Waals surface area (Å²) in [6.45, 7) is 3.99. The van der Waals surface area contributed by atoms with Crippen molar-refractivity contribution < 1.29 is 23.7 Å². The summed E-state index contributed by atoms with van der Waals surface area (Å²) in [5.74, 6) is 2.74. The number of ether oxygens (including phenoxy) is 4. The quantitative estimate of drug-likeness (QED) is 0.264. The number of carbonyl (C=O) groups excluding carboxylic acids is 1. The van der Waals surface area contributed by atoms with E-state index in [0.29, 0.717) is 47.4 Å². The van der Waals surface area contributed by atoms with Crippen molar-refractivity contribution in [2.45, 2.75) is 19.3 Å². The van der Waals surface area contributed by atoms with Gasteiger partial charge in [-0.25, -0.2) is 9.97 Å². The predicted molar refractivity (Wildman–Crippen MR) is 176 cm³/mol. The van der Waals surface area contributed by atoms with E-state index < -0.39 is 0 Å². The zero-order valence-electron chi connectivity index (χ0n) is 25.9. The molecule has 1 amide bonds. The summed E-state index contributed by atoms with van der Waals surface area (Å²) in [6, 6.07) is 16.9. The molecule has 1 saturated heterocycles. The second-order valence-corrected chi connectivity index (χ2v) is 11.0. The molecule has 0 saturated carbocycles. The van der Waals surface area contributed by atoms with Gasteiger partial charge < -0.3 is 34.9 Å². The van der Waals surface area contributed by atoms with Crippen molar-refractivity contribution in [1.82, 2.24) is 24.8 Å². The summed E-state index contributed by atoms with van der Waals surface area (Å²) in [6.07, 6.45) is 5.97. The number of likely N-dealkylation sites (tertiary alicyclic amines) is 1. The minimum absolute atomic E-state index is 0.00985. The Morgan fingerprint density at radius 1 is 0.870 bits per heavy atom. The molecule has 7 rings (SSSR count). The fraction of sp³-hybridized carbons (Fsp3) is 0.324. The Morgan fingerprint density at radius 2 is 1.52 bits per heavy atom. The van der Waals surface area contributed by atoms with Crippen LogP contribution in [0.25, 0.3) is 22.1 Å². The van der Waals surface area contributed by atoms with Crippen LogP contribution in [0, 0.1) is 5.92 Å². The molecule has 0 radical (unpaired) electrons. The SMILES string of the molecule is COc1ccc2nccc(N)c2n1.COc1ccc2nccc(NC(=O)C3CCN(CCc4ccc5c(c4)OCCO5)CC3)c2n1. The zero-order chi connectivity index (χ0) is 31.9. The van der Waals surface area contributed by atoms with Gasteiger partial charge in [-0.3, -0.25) is 14.8 Å². The molecule has 0 bridgehead atoms. The number of anilines is 2. The first-order valence-electron chi connectivity index (χ1n) is 15.3. The Morgan fingerprint density at radius 3 is 2.24 bits per heavy atom. The van der Waals surface area contributed by atoms with Gasteiger partial charge in [-0.05, 0) is 74.3 Å². The van der Waals surface area contributed by atoms with E-state index in [9.17, 15) is 4.79 Å². The highest BCUT2D eigenvalue weighted by Gasteiger charge is 2.25. The van der Waals surface area contributed by atoms with Gasteiger partial charge in [0.2, 0.25) is 17.7 Å². The molecule has 2 aliphatic rings. The highest BCUT2D eigenvalue weighted by atomic mass is 16.6. The van der Waals surface area contributed by atoms with E-state index in [4.69, 9.17) is 24.7 Å². The maximum atomic E-state index is 13.0. The standard InChI is InChI=1S/C25H28N4O4.C9H9N3O/c1-31-23-5-3-19-24(28-23)20(6-10-26-19)27-25(30)18-8-12-29(13-9-18)11-7-17-2-4-21-22(16-17)33-15-14-32-21;1-13-8-3-2-7-9(12-8)6(10)4-5-11-7/h2-6,10,16,18H,7-9,11-15H2,1H3,(H,26,27,30);2-5H,1H3,(H2,10,11). The third-order valence-corrected chi connectivity index (χ3v) is 8.11. The molecule has 12 nitrogen and oxygen atoms in total. The van der Waals surface area contributed by atoms with Crippen molar-refractivity contribution in [3.05, 3.63) is 72.6 Å². The minimum atomic E-state index is -0.00985. The van der Waals surface area contributed by atoms with E-state index in [2.05, 4.69) is 42.3 Å². The number of rotatable bonds is 7. The Balaban J connectivity index is 0.000000238. The van der Waals surface area contributed by atoms with E-state index in [1.54, 1.807) is 50.9 Å². The monoisotopic (exact) mass is 623 g/mol. The molecule has 1 aromatic carbocycles. The van der Waals surface area contributed by atoms with Crippen LogP contribution in [0.3, 0.4) is 0 Å². The van der Waals surface area contributed by atoms with Gasteiger partial charge in [0, 0.05) is 37.0 Å². The first kappa shape index (κ1) is 30.8. The van der Waals surface area contributed by atoms with Crippen LogP contribution in [0.5, 0.6) is 23.3 Å². The number of fused-ring (bicyclic) bond motifs is 3. The number of benzene rings is 1. The summed E-state index contributed by atoms with van der Waals surface area (Å²) in [5.41, 5.74) is 11.1. The molecule has 0 aliphatic carbocycles. The van der Waals surface area contributed by atoms with Crippen LogP contribution in [0.4, 0.5) is 11.4 Å². The molecule has 5 aromatic rings. The van der Waals surface area contributed by atoms with Gasteiger partial charge >= 0.3 is 0 Å². The Kier molecular flexibility index (Phi) is 9.54. The zero-order valence-corrected chi connectivity index (χ0v) is 25.9. The number of aromatic nitrogens is 4. The molecule has 1 fully saturated rings. The molecule has 0 unspecified atom stereocenters. The minimum Gasteiger partial charge on any atom is -0.486 e. The second-order valence-electron chi connectivity index (χ2n) is 11.0. The number of nitrogen functional groups attached to an aromatic ring is 1. The second kappa shape index (κ2) is 14.2. The lowest BCUT2D eigenvalue weighted by Gasteiger charge is -2.31. The Bertz CT molecular complexity index is 1830. The van der Waals surface area contributed by atoms with Gasteiger partial charge in [0.25, 0.3) is 0 Å². The molecule has 3 N–H and O–H groups in total. The molecular weight excluding hydrogens is 586 g/mol. The fourth-order valence-electron chi connectivity index (χ4n) is 5.55. The highest BCUT2D eigenvalue weighted by Crippen LogP contribution is 2.31. The van der Waals surface area contributed by atoms with E-state index in [1.807, 2.05) is 18.2 Å². The van der Waals surface area contributed by atoms with Crippen molar-refractivity contribution in [1.29, 1.82) is 0 Å². The van der Waals surface area contributed by atoms with E-state index in [1.165, 1.54) is 5.56 Å². The number of nitrogens with two attached hydrogens (primary N) is 1. The van der Waals surface area contributed by atoms with Crippen molar-refractivity contribution in [3.8, 4) is 23.3 Å². The first-order chi connectivity index (χ1) is 22.5. The number of piperidine rings is 1. The largest absolute Gasteiger partial charge is 0.486 e. The summed E-state index contributed by atoms with van der Waals surface area (Å²) >= 11 is 0. The van der Waals surface area contributed by atoms with Crippen molar-refractivity contribution in [2.75, 3.05) is 58.1 Å². The van der Waals surface area contributed by atoms with Crippen LogP contribution < -0.4 is 30.0 Å². The van der Waals surface area contributed by atoms with Crippen LogP contribution in [0.2, 0.25) is 0 Å². The summed E-state index contributed by atoms with van der Waals surface area (Å²) in [5, 5.41) is 3.07. The van der Waals surface area contributed by atoms with E-state index in [0.717, 1.165) is 61.4 Å². The maximum Gasteiger partial charge on any atom is 0.227 e. The highest BCUT2D eigenvalue weighted by molar-refractivity contribution is 6.00. The summed E-state index contributed by atoms with van der Waals surface area (Å²) in [7, 11) is 3.14. The van der Waals surface area contributed by atoms with E-state index >= 15 is 0 Å². The third-order valence-electron chi connectivity index (χ3n) is 8.11. The number of carbonyl (C=O) groups is 1. The van der Waals surface area contributed by atoms with Gasteiger partial charge in [-0.1, -0.05) is 6.07 Å². The molecule has 0 atom stereocenters. The number of pyridine rings is 4. The third kappa shape index (κ3) is 7.18. The molecule has 12 heteroatoms. The topological polar surface area (TPSA) is 147 Å². The number of hydrogen-bond acceptors (Lipinski definition) is 11. The number of hydrogen-bond donors (Lipinski definition) is 2. The lowest BCUT2D eigenvalue weighted by molar-refractivity contribution is -0.121. The van der Waals surface area contributed by atoms with Crippen LogP contribution in [0.15, 0.2) is 67.0 Å². The molecule has 6 heterocycles. The molecule has 4 aromatic heterocycles. The average Bonchev–Trinajstić information content (AvgIpc) is 3.11. The predicted octanol–water partition coefficient (Wildman–Crippen LogP) is 4.52. The van der Waals surface area contributed by atoms with Gasteiger partial charge in [0.05, 0.1) is 36.6 Å². The van der Waals surface area contributed by atoms with Crippen molar-refractivity contribution in [3.63, 3.8) is 0 Å². The van der Waals surface area contributed by atoms with Crippen molar-refractivity contribution in [2.24, 2.45) is 5.92 Å². The molecule has 2 aliphatic heterocycles. The smallest absolute Gasteiger partial charge is 0.227 e. The molecule has 238 valence electrons. The van der Waals surface area contributed by atoms with Gasteiger partial charge in [-0.15, -0.1) is 0 Å². The Labute approximate surface area is 266 Å². The number of amides is 1. The van der Waals surface area contributed by atoms with Crippen molar-refractivity contribution >= 4 is 39.3 Å². The molecule has 0 spiro atoms. The van der Waals surface area contributed by atoms with E-state index in [-0.39, 0.29) is 11.8 Å². The van der Waals surface area contributed by atoms with Crippen LogP contribution in [-0.4, -0.2) is 77.8 Å². The van der Waals surface area contributed by atoms with Crippen LogP contribution in [0.1, 0.15) is 18.4 Å². The molecular formula is C34H37N7O5. The number of nitrogens with zero attached hydrogens (tertiary/aromatic N) is 5. The average molecular weight is 624 g/mol. The maximum absolute atomic E-state index is 13.0. The molecule has 46 heavy (non-hydrogen) atoms. The van der Waals surface area contributed by atoms with Gasteiger partial charge in [0.15, 0.2) is 11.5 Å². The number of nitrogens with one attached hydrogen (secondary N) is 1. The fourth-order valence-corrected chi connectivity index (χ4v) is 5.55.